The maximum Gasteiger partial charge on any atom is 0.251 e. The quantitative estimate of drug-likeness (QED) is 0.134. The van der Waals surface area contributed by atoms with Gasteiger partial charge in [-0.25, -0.2) is 4.98 Å². The Morgan fingerprint density at radius 1 is 0.847 bits per heavy atom. The molecular formula is C57H64N10O5. The Hall–Kier alpha value is -7.02. The van der Waals surface area contributed by atoms with Gasteiger partial charge in [0.05, 0.1) is 30.1 Å². The number of hydrogen-bond acceptors (Lipinski definition) is 12. The van der Waals surface area contributed by atoms with E-state index >= 15 is 0 Å². The molecule has 15 nitrogen and oxygen atoms in total. The second kappa shape index (κ2) is 18.9. The van der Waals surface area contributed by atoms with Gasteiger partial charge in [-0.05, 0) is 72.8 Å². The van der Waals surface area contributed by atoms with Gasteiger partial charge in [0.25, 0.3) is 5.91 Å². The van der Waals surface area contributed by atoms with E-state index in [2.05, 4.69) is 107 Å². The van der Waals surface area contributed by atoms with E-state index < -0.39 is 0 Å². The van der Waals surface area contributed by atoms with Crippen molar-refractivity contribution >= 4 is 34.1 Å². The van der Waals surface area contributed by atoms with Gasteiger partial charge in [0, 0.05) is 159 Å². The highest BCUT2D eigenvalue weighted by Crippen LogP contribution is 2.56. The summed E-state index contributed by atoms with van der Waals surface area (Å²) in [5.74, 6) is 2.09. The summed E-state index contributed by atoms with van der Waals surface area (Å²) in [5.41, 5.74) is 7.75. The van der Waals surface area contributed by atoms with Crippen molar-refractivity contribution in [3.63, 3.8) is 0 Å². The van der Waals surface area contributed by atoms with Crippen molar-refractivity contribution in [1.82, 2.24) is 34.9 Å². The lowest BCUT2D eigenvalue weighted by atomic mass is 9.49. The van der Waals surface area contributed by atoms with Crippen LogP contribution in [0.1, 0.15) is 80.7 Å². The van der Waals surface area contributed by atoms with Crippen molar-refractivity contribution in [1.29, 1.82) is 5.26 Å². The topological polar surface area (TPSA) is 154 Å². The number of anilines is 2. The zero-order valence-corrected chi connectivity index (χ0v) is 42.2. The second-order valence-electron chi connectivity index (χ2n) is 21.4. The van der Waals surface area contributed by atoms with Crippen molar-refractivity contribution in [3.05, 3.63) is 114 Å². The maximum absolute atomic E-state index is 13.6. The van der Waals surface area contributed by atoms with Gasteiger partial charge in [0.15, 0.2) is 0 Å². The minimum Gasteiger partial charge on any atom is -0.495 e. The molecule has 0 bridgehead atoms. The van der Waals surface area contributed by atoms with E-state index in [4.69, 9.17) is 29.3 Å². The minimum absolute atomic E-state index is 0.0912. The van der Waals surface area contributed by atoms with E-state index in [1.165, 1.54) is 5.69 Å². The molecule has 15 heteroatoms. The first-order valence-electron chi connectivity index (χ1n) is 25.5. The van der Waals surface area contributed by atoms with Crippen molar-refractivity contribution in [2.75, 3.05) is 75.9 Å². The monoisotopic (exact) mass is 969 g/mol. The number of fused-ring (bicyclic) bond motifs is 2. The predicted molar refractivity (Wildman–Crippen MR) is 277 cm³/mol. The number of carbonyl (C=O) groups is 2. The molecule has 4 fully saturated rings. The largest absolute Gasteiger partial charge is 0.495 e. The fourth-order valence-electron chi connectivity index (χ4n) is 12.5. The normalized spacial score (nSPS) is 21.0. The first-order chi connectivity index (χ1) is 34.8. The van der Waals surface area contributed by atoms with Gasteiger partial charge in [-0.1, -0.05) is 45.9 Å². The van der Waals surface area contributed by atoms with E-state index in [-0.39, 0.29) is 34.8 Å². The number of amides is 2. The first-order valence-corrected chi connectivity index (χ1v) is 25.5. The third-order valence-corrected chi connectivity index (χ3v) is 16.3. The molecule has 1 aliphatic carbocycles. The molecule has 3 aromatic carbocycles. The smallest absolute Gasteiger partial charge is 0.251 e. The molecule has 0 atom stereocenters. The molecule has 2 amide bonds. The Morgan fingerprint density at radius 3 is 2.31 bits per heavy atom. The Labute approximate surface area is 421 Å². The van der Waals surface area contributed by atoms with E-state index in [1.54, 1.807) is 32.2 Å². The van der Waals surface area contributed by atoms with E-state index in [0.717, 1.165) is 122 Å². The molecule has 11 rings (SSSR count). The Morgan fingerprint density at radius 2 is 1.61 bits per heavy atom. The predicted octanol–water partition coefficient (Wildman–Crippen LogP) is 7.92. The number of rotatable bonds is 11. The van der Waals surface area contributed by atoms with Crippen LogP contribution >= 0.6 is 0 Å². The van der Waals surface area contributed by atoms with Crippen LogP contribution in [-0.4, -0.2) is 126 Å². The molecule has 1 N–H and O–H groups in total. The summed E-state index contributed by atoms with van der Waals surface area (Å²) in [6, 6.07) is 28.8. The van der Waals surface area contributed by atoms with Gasteiger partial charge in [0.1, 0.15) is 29.5 Å². The fraction of sp³-hybridized carbons (Fsp3) is 0.439. The average molecular weight is 969 g/mol. The summed E-state index contributed by atoms with van der Waals surface area (Å²) in [5, 5.41) is 20.1. The summed E-state index contributed by atoms with van der Waals surface area (Å²) in [6.07, 6.45) is 6.42. The lowest BCUT2D eigenvalue weighted by Crippen LogP contribution is -2.74. The van der Waals surface area contributed by atoms with Gasteiger partial charge in [-0.2, -0.15) is 10.4 Å². The molecule has 3 saturated heterocycles. The minimum atomic E-state index is -0.343. The summed E-state index contributed by atoms with van der Waals surface area (Å²) >= 11 is 0. The molecule has 7 heterocycles. The number of nitriles is 1. The van der Waals surface area contributed by atoms with Gasteiger partial charge in [-0.15, -0.1) is 0 Å². The number of benzene rings is 3. The molecule has 0 spiro atoms. The second-order valence-corrected chi connectivity index (χ2v) is 21.4. The number of carbonyl (C=O) groups excluding carboxylic acids is 2. The fourth-order valence-corrected chi connectivity index (χ4v) is 12.5. The summed E-state index contributed by atoms with van der Waals surface area (Å²) in [4.78, 5) is 45.3. The number of piperazine rings is 1. The lowest BCUT2D eigenvalue weighted by Gasteiger charge is -2.63. The molecule has 5 aliphatic rings. The van der Waals surface area contributed by atoms with Crippen molar-refractivity contribution in [3.8, 4) is 40.1 Å². The number of nitrogens with zero attached hydrogens (tertiary/aromatic N) is 9. The van der Waals surface area contributed by atoms with Gasteiger partial charge in [0.2, 0.25) is 5.91 Å². The summed E-state index contributed by atoms with van der Waals surface area (Å²) in [6.45, 7) is 18.6. The number of methoxy groups -OCH3 is 1. The SMILES string of the molecule is COc1cc(OC2C(C)(C)C(NC(=O)c3ccc(N4CCN(C5CN(c6ccc(-c7cc8cccc(-c9nn(C%10CCOCC%10)c%10c9CN(C(C)=O)CC%10)c8cn7)cn6)C5)CC4)cc3)C2(C)C)ccc1C#N. The number of nitrogens with one attached hydrogen (secondary N) is 1. The number of pyridine rings is 2. The molecule has 0 unspecified atom stereocenters. The molecule has 6 aromatic rings. The Kier molecular flexibility index (Phi) is 12.4. The summed E-state index contributed by atoms with van der Waals surface area (Å²) < 4.78 is 19.8. The van der Waals surface area contributed by atoms with Gasteiger partial charge in [-0.3, -0.25) is 24.2 Å². The first kappa shape index (κ1) is 47.3. The highest BCUT2D eigenvalue weighted by Gasteiger charge is 2.64. The standard InChI is InChI=1S/C57H64N10O5/c1-36(68)65-21-18-49-47(35-65)52(62-67(49)42-19-26-71-27-20-42)45-9-7-8-38-28-48(59-32-46(38)45)40-13-17-51(60-31-40)66-33-43(34-66)64-24-22-63(23-25-64)41-14-10-37(11-15-41)53(69)61-54-56(2,3)55(57(54,4)5)72-44-16-12-39(30-58)50(29-44)70-6/h7-17,28-29,31-32,42-43,54-55H,18-27,33-35H2,1-6H3,(H,61,69). The van der Waals surface area contributed by atoms with Crippen LogP contribution in [0.2, 0.25) is 0 Å². The van der Waals surface area contributed by atoms with Crippen LogP contribution in [0.15, 0.2) is 91.3 Å². The van der Waals surface area contributed by atoms with Crippen LogP contribution in [0.4, 0.5) is 11.5 Å². The highest BCUT2D eigenvalue weighted by molar-refractivity contribution is 5.98. The van der Waals surface area contributed by atoms with Crippen LogP contribution < -0.4 is 24.6 Å². The Bertz CT molecular complexity index is 3040. The number of hydrogen-bond donors (Lipinski definition) is 1. The molecule has 1 saturated carbocycles. The van der Waals surface area contributed by atoms with Crippen LogP contribution in [0.3, 0.4) is 0 Å². The molecule has 72 heavy (non-hydrogen) atoms. The number of ether oxygens (including phenoxy) is 3. The third kappa shape index (κ3) is 8.57. The van der Waals surface area contributed by atoms with E-state index in [1.807, 2.05) is 29.4 Å². The molecular weight excluding hydrogens is 905 g/mol. The highest BCUT2D eigenvalue weighted by atomic mass is 16.5. The van der Waals surface area contributed by atoms with Gasteiger partial charge < -0.3 is 34.2 Å². The zero-order valence-electron chi connectivity index (χ0n) is 42.2. The molecule has 3 aromatic heterocycles. The van der Waals surface area contributed by atoms with Crippen LogP contribution in [0.25, 0.3) is 33.3 Å². The number of aromatic nitrogens is 4. The molecule has 4 aliphatic heterocycles. The maximum atomic E-state index is 13.6. The summed E-state index contributed by atoms with van der Waals surface area (Å²) in [7, 11) is 1.54. The van der Waals surface area contributed by atoms with Crippen molar-refractivity contribution < 1.29 is 23.8 Å². The van der Waals surface area contributed by atoms with Crippen LogP contribution in [-0.2, 0) is 22.5 Å². The van der Waals surface area contributed by atoms with E-state index in [9.17, 15) is 14.9 Å². The van der Waals surface area contributed by atoms with Gasteiger partial charge >= 0.3 is 0 Å². The molecule has 0 radical (unpaired) electrons. The third-order valence-electron chi connectivity index (χ3n) is 16.3. The molecule has 372 valence electrons. The van der Waals surface area contributed by atoms with Crippen molar-refractivity contribution in [2.45, 2.75) is 84.7 Å². The average Bonchev–Trinajstić information content (AvgIpc) is 3.78. The van der Waals surface area contributed by atoms with Crippen LogP contribution in [0.5, 0.6) is 11.5 Å². The van der Waals surface area contributed by atoms with E-state index in [0.29, 0.717) is 47.8 Å². The Balaban J connectivity index is 0.676. The zero-order chi connectivity index (χ0) is 49.9. The van der Waals surface area contributed by atoms with Crippen LogP contribution in [0, 0.1) is 22.2 Å². The van der Waals surface area contributed by atoms with Crippen molar-refractivity contribution in [2.24, 2.45) is 10.8 Å². The lowest BCUT2D eigenvalue weighted by molar-refractivity contribution is -0.164.